The highest BCUT2D eigenvalue weighted by atomic mass is 16.5. The largest absolute Gasteiger partial charge is 0.453 e. The molecule has 0 aliphatic carbocycles. The van der Waals surface area contributed by atoms with Crippen molar-refractivity contribution in [2.75, 3.05) is 26.2 Å². The molecule has 4 heteroatoms. The smallest absolute Gasteiger partial charge is 0.170 e. The third-order valence-electron chi connectivity index (χ3n) is 5.56. The number of benzene rings is 3. The van der Waals surface area contributed by atoms with Crippen molar-refractivity contribution >= 4 is 0 Å². The van der Waals surface area contributed by atoms with E-state index < -0.39 is 0 Å². The molecule has 3 aromatic carbocycles. The maximum absolute atomic E-state index is 6.32. The van der Waals surface area contributed by atoms with Crippen LogP contribution in [0.25, 0.3) is 0 Å². The maximum Gasteiger partial charge on any atom is 0.170 e. The van der Waals surface area contributed by atoms with E-state index >= 15 is 0 Å². The third-order valence-corrected chi connectivity index (χ3v) is 5.56. The van der Waals surface area contributed by atoms with Crippen LogP contribution in [-0.4, -0.2) is 31.1 Å². The molecule has 4 rings (SSSR count). The molecule has 3 aromatic rings. The summed E-state index contributed by atoms with van der Waals surface area (Å²) in [5.74, 6) is 3.04. The minimum atomic E-state index is 0.0865. The molecule has 31 heavy (non-hydrogen) atoms. The molecule has 0 aromatic heterocycles. The number of hydrogen-bond acceptors (Lipinski definition) is 4. The second-order valence-corrected chi connectivity index (χ2v) is 9.09. The summed E-state index contributed by atoms with van der Waals surface area (Å²) in [6, 6.07) is 26.4. The zero-order chi connectivity index (χ0) is 21.7. The summed E-state index contributed by atoms with van der Waals surface area (Å²) in [7, 11) is 0. The molecule has 1 aliphatic rings. The van der Waals surface area contributed by atoms with E-state index in [2.05, 4.69) is 43.1 Å². The van der Waals surface area contributed by atoms with Gasteiger partial charge in [0, 0.05) is 32.2 Å². The number of para-hydroxylation sites is 2. The molecule has 1 heterocycles. The lowest BCUT2D eigenvalue weighted by atomic mass is 9.81. The molecule has 0 unspecified atom stereocenters. The first kappa shape index (κ1) is 21.4. The van der Waals surface area contributed by atoms with E-state index in [9.17, 15) is 0 Å². The van der Waals surface area contributed by atoms with Gasteiger partial charge in [-0.15, -0.1) is 0 Å². The van der Waals surface area contributed by atoms with Crippen LogP contribution in [0.1, 0.15) is 32.4 Å². The lowest BCUT2D eigenvalue weighted by molar-refractivity contribution is 0.0860. The highest BCUT2D eigenvalue weighted by Gasteiger charge is 2.33. The summed E-state index contributed by atoms with van der Waals surface area (Å²) in [5, 5.41) is 3.47. The Morgan fingerprint density at radius 3 is 1.84 bits per heavy atom. The van der Waals surface area contributed by atoms with Gasteiger partial charge in [-0.2, -0.15) is 0 Å². The Labute approximate surface area is 185 Å². The van der Waals surface area contributed by atoms with E-state index in [1.165, 1.54) is 5.56 Å². The molecular weight excluding hydrogens is 384 g/mol. The predicted octanol–water partition coefficient (Wildman–Crippen LogP) is 6.26. The zero-order valence-corrected chi connectivity index (χ0v) is 18.7. The summed E-state index contributed by atoms with van der Waals surface area (Å²) in [6.45, 7) is 11.1. The number of hydrogen-bond donors (Lipinski definition) is 1. The fourth-order valence-corrected chi connectivity index (χ4v) is 4.29. The lowest BCUT2D eigenvalue weighted by Crippen LogP contribution is -2.48. The van der Waals surface area contributed by atoms with Crippen LogP contribution in [0.15, 0.2) is 78.9 Å². The van der Waals surface area contributed by atoms with E-state index in [1.54, 1.807) is 0 Å². The van der Waals surface area contributed by atoms with Gasteiger partial charge in [0.2, 0.25) is 0 Å². The van der Waals surface area contributed by atoms with E-state index in [0.717, 1.165) is 43.4 Å². The van der Waals surface area contributed by atoms with E-state index in [1.807, 2.05) is 66.7 Å². The normalized spacial score (nSPS) is 16.0. The molecular formula is C27H32N2O2. The van der Waals surface area contributed by atoms with Crippen molar-refractivity contribution < 1.29 is 9.47 Å². The van der Waals surface area contributed by atoms with Crippen molar-refractivity contribution in [2.24, 2.45) is 5.41 Å². The molecule has 162 valence electrons. The van der Waals surface area contributed by atoms with Gasteiger partial charge in [-0.25, -0.2) is 0 Å². The Hall–Kier alpha value is -2.82. The molecule has 0 saturated carbocycles. The quantitative estimate of drug-likeness (QED) is 0.514. The minimum Gasteiger partial charge on any atom is -0.453 e. The molecule has 1 aliphatic heterocycles. The van der Waals surface area contributed by atoms with Gasteiger partial charge in [-0.3, -0.25) is 4.90 Å². The second kappa shape index (κ2) is 9.54. The molecule has 1 atom stereocenters. The second-order valence-electron chi connectivity index (χ2n) is 9.09. The van der Waals surface area contributed by atoms with Crippen LogP contribution in [0.4, 0.5) is 0 Å². The lowest BCUT2D eigenvalue weighted by Gasteiger charge is -2.42. The van der Waals surface area contributed by atoms with Gasteiger partial charge >= 0.3 is 0 Å². The Kier molecular flexibility index (Phi) is 6.59. The zero-order valence-electron chi connectivity index (χ0n) is 18.7. The molecule has 1 fully saturated rings. The molecule has 0 amide bonds. The molecule has 4 nitrogen and oxygen atoms in total. The van der Waals surface area contributed by atoms with Crippen LogP contribution in [0.5, 0.6) is 23.0 Å². The van der Waals surface area contributed by atoms with E-state index in [4.69, 9.17) is 9.47 Å². The van der Waals surface area contributed by atoms with Gasteiger partial charge in [0.1, 0.15) is 11.5 Å². The molecule has 0 radical (unpaired) electrons. The van der Waals surface area contributed by atoms with Gasteiger partial charge in [-0.1, -0.05) is 63.2 Å². The number of nitrogens with zero attached hydrogens (tertiary/aromatic N) is 1. The fourth-order valence-electron chi connectivity index (χ4n) is 4.29. The number of ether oxygens (including phenoxy) is 2. The molecule has 0 bridgehead atoms. The SMILES string of the molecule is CC(C)(C)[C@@H](c1ccc(Oc2ccccc2)c(Oc2ccccc2)c1)N1CCNCC1. The molecule has 0 spiro atoms. The highest BCUT2D eigenvalue weighted by molar-refractivity contribution is 5.48. The molecule has 1 saturated heterocycles. The Morgan fingerprint density at radius 1 is 0.742 bits per heavy atom. The van der Waals surface area contributed by atoms with Gasteiger partial charge in [0.15, 0.2) is 11.5 Å². The van der Waals surface area contributed by atoms with Crippen molar-refractivity contribution in [1.82, 2.24) is 10.2 Å². The van der Waals surface area contributed by atoms with Crippen LogP contribution in [-0.2, 0) is 0 Å². The molecule has 1 N–H and O–H groups in total. The standard InChI is InChI=1S/C27H32N2O2/c1-27(2,3)26(29-18-16-28-17-19-29)21-14-15-24(30-22-10-6-4-7-11-22)25(20-21)31-23-12-8-5-9-13-23/h4-15,20,26,28H,16-19H2,1-3H3/t26-/m1/s1. The summed E-state index contributed by atoms with van der Waals surface area (Å²) >= 11 is 0. The Morgan fingerprint density at radius 2 is 1.29 bits per heavy atom. The van der Waals surface area contributed by atoms with Crippen LogP contribution in [0.3, 0.4) is 0 Å². The summed E-state index contributed by atoms with van der Waals surface area (Å²) in [5.41, 5.74) is 1.34. The van der Waals surface area contributed by atoms with Crippen LogP contribution in [0.2, 0.25) is 0 Å². The third kappa shape index (κ3) is 5.46. The number of rotatable bonds is 6. The van der Waals surface area contributed by atoms with Crippen molar-refractivity contribution in [2.45, 2.75) is 26.8 Å². The monoisotopic (exact) mass is 416 g/mol. The Bertz CT molecular complexity index is 962. The first-order chi connectivity index (χ1) is 15.0. The number of nitrogens with one attached hydrogen (secondary N) is 1. The first-order valence-corrected chi connectivity index (χ1v) is 11.1. The topological polar surface area (TPSA) is 33.7 Å². The van der Waals surface area contributed by atoms with Gasteiger partial charge in [0.05, 0.1) is 0 Å². The predicted molar refractivity (Wildman–Crippen MR) is 126 cm³/mol. The van der Waals surface area contributed by atoms with Crippen molar-refractivity contribution in [1.29, 1.82) is 0 Å². The van der Waals surface area contributed by atoms with Crippen molar-refractivity contribution in [3.8, 4) is 23.0 Å². The van der Waals surface area contributed by atoms with E-state index in [0.29, 0.717) is 11.8 Å². The van der Waals surface area contributed by atoms with Crippen LogP contribution in [0, 0.1) is 5.41 Å². The van der Waals surface area contributed by atoms with Gasteiger partial charge in [-0.05, 0) is 47.4 Å². The first-order valence-electron chi connectivity index (χ1n) is 11.1. The maximum atomic E-state index is 6.32. The van der Waals surface area contributed by atoms with Crippen molar-refractivity contribution in [3.63, 3.8) is 0 Å². The van der Waals surface area contributed by atoms with Crippen molar-refractivity contribution in [3.05, 3.63) is 84.4 Å². The summed E-state index contributed by atoms with van der Waals surface area (Å²) < 4.78 is 12.5. The average molecular weight is 417 g/mol. The summed E-state index contributed by atoms with van der Waals surface area (Å²) in [6.07, 6.45) is 0. The van der Waals surface area contributed by atoms with Crippen LogP contribution >= 0.6 is 0 Å². The van der Waals surface area contributed by atoms with Crippen LogP contribution < -0.4 is 14.8 Å². The van der Waals surface area contributed by atoms with Gasteiger partial charge in [0.25, 0.3) is 0 Å². The minimum absolute atomic E-state index is 0.0865. The summed E-state index contributed by atoms with van der Waals surface area (Å²) in [4.78, 5) is 2.58. The van der Waals surface area contributed by atoms with Gasteiger partial charge < -0.3 is 14.8 Å². The Balaban J connectivity index is 1.71. The fraction of sp³-hybridized carbons (Fsp3) is 0.333. The number of piperazine rings is 1. The average Bonchev–Trinajstić information content (AvgIpc) is 2.77. The highest BCUT2D eigenvalue weighted by Crippen LogP contribution is 2.43. The van der Waals surface area contributed by atoms with E-state index in [-0.39, 0.29) is 5.41 Å².